The Morgan fingerprint density at radius 3 is 2.23 bits per heavy atom. The summed E-state index contributed by atoms with van der Waals surface area (Å²) in [5.74, 6) is -0.157. The van der Waals surface area contributed by atoms with E-state index in [0.717, 1.165) is 33.6 Å². The molecule has 1 aliphatic heterocycles. The van der Waals surface area contributed by atoms with Gasteiger partial charge in [-0.05, 0) is 37.3 Å². The summed E-state index contributed by atoms with van der Waals surface area (Å²) in [5.41, 5.74) is 5.59. The highest BCUT2D eigenvalue weighted by Crippen LogP contribution is 2.27. The average Bonchev–Trinajstić information content (AvgIpc) is 3.40. The van der Waals surface area contributed by atoms with Gasteiger partial charge in [0.15, 0.2) is 5.70 Å². The maximum atomic E-state index is 12.5. The molecule has 4 aromatic rings. The van der Waals surface area contributed by atoms with Gasteiger partial charge in [0.1, 0.15) is 5.69 Å². The van der Waals surface area contributed by atoms with Crippen LogP contribution >= 0.6 is 0 Å². The molecular formula is C26H19N3O2. The highest BCUT2D eigenvalue weighted by molar-refractivity contribution is 6.13. The lowest BCUT2D eigenvalue weighted by molar-refractivity contribution is -0.129. The summed E-state index contributed by atoms with van der Waals surface area (Å²) in [6.45, 7) is 2.01. The second-order valence-corrected chi connectivity index (χ2v) is 7.28. The molecular weight excluding hydrogens is 386 g/mol. The van der Waals surface area contributed by atoms with Crippen LogP contribution in [0.25, 0.3) is 23.0 Å². The van der Waals surface area contributed by atoms with Gasteiger partial charge in [0.25, 0.3) is 0 Å². The number of carbonyl (C=O) groups is 1. The first-order valence-electron chi connectivity index (χ1n) is 9.97. The fourth-order valence-electron chi connectivity index (χ4n) is 3.40. The molecule has 1 aromatic heterocycles. The van der Waals surface area contributed by atoms with Crippen molar-refractivity contribution in [3.63, 3.8) is 0 Å². The lowest BCUT2D eigenvalue weighted by Gasteiger charge is -2.00. The number of benzene rings is 3. The van der Waals surface area contributed by atoms with Crippen molar-refractivity contribution in [1.29, 1.82) is 0 Å². The predicted molar refractivity (Wildman–Crippen MR) is 121 cm³/mol. The van der Waals surface area contributed by atoms with Gasteiger partial charge in [0.05, 0.1) is 5.69 Å². The molecule has 0 aliphatic carbocycles. The van der Waals surface area contributed by atoms with E-state index in [1.807, 2.05) is 98.0 Å². The molecule has 31 heavy (non-hydrogen) atoms. The zero-order valence-corrected chi connectivity index (χ0v) is 16.9. The normalized spacial score (nSPS) is 14.5. The standard InChI is InChI=1S/C26H19N3O2/c1-18-12-14-20(15-13-18)25-27-23(26(30)31-25)16-21-17-29(22-10-6-3-7-11-22)28-24(21)19-8-4-2-5-9-19/h2-17H,1H3/b23-16+. The van der Waals surface area contributed by atoms with Crippen molar-refractivity contribution in [2.45, 2.75) is 6.92 Å². The number of carbonyl (C=O) groups excluding carboxylic acids is 1. The van der Waals surface area contributed by atoms with Crippen LogP contribution in [0.5, 0.6) is 0 Å². The molecule has 1 aliphatic rings. The number of aliphatic imine (C=N–C) groups is 1. The van der Waals surface area contributed by atoms with Gasteiger partial charge in [-0.15, -0.1) is 0 Å². The monoisotopic (exact) mass is 405 g/mol. The molecule has 150 valence electrons. The molecule has 0 saturated heterocycles. The van der Waals surface area contributed by atoms with Crippen molar-refractivity contribution in [1.82, 2.24) is 9.78 Å². The number of hydrogen-bond donors (Lipinski definition) is 0. The molecule has 0 N–H and O–H groups in total. The molecule has 0 bridgehead atoms. The van der Waals surface area contributed by atoms with Crippen LogP contribution in [-0.4, -0.2) is 21.6 Å². The minimum Gasteiger partial charge on any atom is -0.402 e. The molecule has 2 heterocycles. The number of esters is 1. The Kier molecular flexibility index (Phi) is 4.77. The van der Waals surface area contributed by atoms with Crippen LogP contribution in [0.3, 0.4) is 0 Å². The van der Waals surface area contributed by atoms with E-state index < -0.39 is 5.97 Å². The Hall–Kier alpha value is -4.25. The fraction of sp³-hybridized carbons (Fsp3) is 0.0385. The fourth-order valence-corrected chi connectivity index (χ4v) is 3.40. The van der Waals surface area contributed by atoms with Gasteiger partial charge in [-0.3, -0.25) is 0 Å². The smallest absolute Gasteiger partial charge is 0.363 e. The third-order valence-corrected chi connectivity index (χ3v) is 5.02. The molecule has 0 saturated carbocycles. The van der Waals surface area contributed by atoms with E-state index in [2.05, 4.69) is 4.99 Å². The number of ether oxygens (including phenoxy) is 1. The minimum absolute atomic E-state index is 0.250. The summed E-state index contributed by atoms with van der Waals surface area (Å²) in [5, 5.41) is 4.78. The highest BCUT2D eigenvalue weighted by atomic mass is 16.6. The Labute approximate surface area is 180 Å². The molecule has 0 radical (unpaired) electrons. The van der Waals surface area contributed by atoms with E-state index in [9.17, 15) is 4.79 Å². The first-order valence-corrected chi connectivity index (χ1v) is 9.97. The zero-order chi connectivity index (χ0) is 21.2. The SMILES string of the molecule is Cc1ccc(C2=N/C(=C/c3cn(-c4ccccc4)nc3-c3ccccc3)C(=O)O2)cc1. The number of aromatic nitrogens is 2. The van der Waals surface area contributed by atoms with E-state index in [1.165, 1.54) is 0 Å². The Balaban J connectivity index is 1.59. The van der Waals surface area contributed by atoms with E-state index in [1.54, 1.807) is 10.8 Å². The number of aryl methyl sites for hydroxylation is 1. The maximum Gasteiger partial charge on any atom is 0.363 e. The van der Waals surface area contributed by atoms with Crippen LogP contribution in [0.4, 0.5) is 0 Å². The van der Waals surface area contributed by atoms with E-state index in [-0.39, 0.29) is 5.70 Å². The van der Waals surface area contributed by atoms with E-state index in [4.69, 9.17) is 9.84 Å². The largest absolute Gasteiger partial charge is 0.402 e. The van der Waals surface area contributed by atoms with Crippen molar-refractivity contribution in [3.8, 4) is 16.9 Å². The van der Waals surface area contributed by atoms with Crippen LogP contribution in [0.2, 0.25) is 0 Å². The van der Waals surface area contributed by atoms with Gasteiger partial charge in [-0.1, -0.05) is 66.2 Å². The summed E-state index contributed by atoms with van der Waals surface area (Å²) in [7, 11) is 0. The second-order valence-electron chi connectivity index (χ2n) is 7.28. The number of hydrogen-bond acceptors (Lipinski definition) is 4. The molecule has 3 aromatic carbocycles. The minimum atomic E-state index is -0.470. The maximum absolute atomic E-state index is 12.5. The zero-order valence-electron chi connectivity index (χ0n) is 16.9. The average molecular weight is 405 g/mol. The first-order chi connectivity index (χ1) is 15.2. The van der Waals surface area contributed by atoms with Gasteiger partial charge in [-0.25, -0.2) is 14.5 Å². The first kappa shape index (κ1) is 18.8. The lowest BCUT2D eigenvalue weighted by Crippen LogP contribution is -2.05. The summed E-state index contributed by atoms with van der Waals surface area (Å²) < 4.78 is 7.23. The van der Waals surface area contributed by atoms with Crippen LogP contribution in [0.15, 0.2) is 102 Å². The highest BCUT2D eigenvalue weighted by Gasteiger charge is 2.25. The van der Waals surface area contributed by atoms with Crippen molar-refractivity contribution in [3.05, 3.63) is 114 Å². The summed E-state index contributed by atoms with van der Waals surface area (Å²) in [6, 6.07) is 27.4. The van der Waals surface area contributed by atoms with Crippen LogP contribution in [0, 0.1) is 6.92 Å². The van der Waals surface area contributed by atoms with Crippen molar-refractivity contribution in [2.24, 2.45) is 4.99 Å². The summed E-state index contributed by atoms with van der Waals surface area (Å²) in [4.78, 5) is 17.0. The number of rotatable bonds is 4. The van der Waals surface area contributed by atoms with Crippen LogP contribution < -0.4 is 0 Å². The van der Waals surface area contributed by atoms with Crippen molar-refractivity contribution >= 4 is 17.9 Å². The van der Waals surface area contributed by atoms with Gasteiger partial charge >= 0.3 is 5.97 Å². The summed E-state index contributed by atoms with van der Waals surface area (Å²) >= 11 is 0. The summed E-state index contributed by atoms with van der Waals surface area (Å²) in [6.07, 6.45) is 3.63. The molecule has 0 amide bonds. The lowest BCUT2D eigenvalue weighted by atomic mass is 10.1. The number of para-hydroxylation sites is 1. The van der Waals surface area contributed by atoms with Crippen molar-refractivity contribution in [2.75, 3.05) is 0 Å². The molecule has 0 fully saturated rings. The van der Waals surface area contributed by atoms with Gasteiger partial charge < -0.3 is 4.74 Å². The third kappa shape index (κ3) is 3.81. The van der Waals surface area contributed by atoms with Gasteiger partial charge in [0.2, 0.25) is 5.90 Å². The molecule has 0 spiro atoms. The van der Waals surface area contributed by atoms with Crippen LogP contribution in [0.1, 0.15) is 16.7 Å². The molecule has 5 rings (SSSR count). The molecule has 0 unspecified atom stereocenters. The Bertz CT molecular complexity index is 1300. The Morgan fingerprint density at radius 2 is 1.52 bits per heavy atom. The Morgan fingerprint density at radius 1 is 0.839 bits per heavy atom. The third-order valence-electron chi connectivity index (χ3n) is 5.02. The number of nitrogens with zero attached hydrogens (tertiary/aromatic N) is 3. The molecule has 5 nitrogen and oxygen atoms in total. The number of cyclic esters (lactones) is 1. The predicted octanol–water partition coefficient (Wildman–Crippen LogP) is 5.19. The van der Waals surface area contributed by atoms with Gasteiger partial charge in [0, 0.05) is 22.9 Å². The molecule has 5 heteroatoms. The second kappa shape index (κ2) is 7.88. The van der Waals surface area contributed by atoms with Crippen molar-refractivity contribution < 1.29 is 9.53 Å². The topological polar surface area (TPSA) is 56.5 Å². The quantitative estimate of drug-likeness (QED) is 0.347. The van der Waals surface area contributed by atoms with E-state index in [0.29, 0.717) is 5.90 Å². The molecule has 0 atom stereocenters. The van der Waals surface area contributed by atoms with E-state index >= 15 is 0 Å². The van der Waals surface area contributed by atoms with Gasteiger partial charge in [-0.2, -0.15) is 5.10 Å². The van der Waals surface area contributed by atoms with Crippen LogP contribution in [-0.2, 0) is 9.53 Å².